The highest BCUT2D eigenvalue weighted by atomic mass is 35.5. The number of carbonyl (C=O) groups excluding carboxylic acids is 2. The van der Waals surface area contributed by atoms with E-state index < -0.39 is 0 Å². The number of amides is 2. The zero-order valence-electron chi connectivity index (χ0n) is 15.8. The number of rotatable bonds is 4. The minimum atomic E-state index is -0.159. The van der Waals surface area contributed by atoms with Crippen LogP contribution in [-0.4, -0.2) is 44.3 Å². The maximum atomic E-state index is 12.6. The Hall–Kier alpha value is -3.13. The van der Waals surface area contributed by atoms with Crippen molar-refractivity contribution in [1.29, 1.82) is 0 Å². The van der Waals surface area contributed by atoms with Gasteiger partial charge in [-0.1, -0.05) is 22.8 Å². The van der Waals surface area contributed by atoms with Gasteiger partial charge in [0, 0.05) is 37.3 Å². The molecule has 1 saturated heterocycles. The molecule has 4 heterocycles. The van der Waals surface area contributed by atoms with Crippen LogP contribution in [0.5, 0.6) is 0 Å². The number of nitrogens with one attached hydrogen (secondary N) is 1. The molecule has 1 aliphatic heterocycles. The van der Waals surface area contributed by atoms with Crippen LogP contribution in [0.1, 0.15) is 24.3 Å². The van der Waals surface area contributed by atoms with Crippen molar-refractivity contribution in [1.82, 2.24) is 19.4 Å². The molecule has 8 nitrogen and oxygen atoms in total. The molecule has 0 atom stereocenters. The summed E-state index contributed by atoms with van der Waals surface area (Å²) in [6.07, 6.45) is 6.22. The average molecular weight is 414 g/mol. The number of nitrogens with zero attached hydrogens (tertiary/aromatic N) is 4. The quantitative estimate of drug-likeness (QED) is 0.663. The summed E-state index contributed by atoms with van der Waals surface area (Å²) < 4.78 is 6.78. The minimum Gasteiger partial charge on any atom is -0.360 e. The van der Waals surface area contributed by atoms with Gasteiger partial charge < -0.3 is 14.7 Å². The Balaban J connectivity index is 1.34. The van der Waals surface area contributed by atoms with Gasteiger partial charge in [-0.3, -0.25) is 14.0 Å². The third-order valence-corrected chi connectivity index (χ3v) is 5.24. The molecule has 3 aromatic rings. The smallest absolute Gasteiger partial charge is 0.246 e. The number of aromatic nitrogens is 3. The van der Waals surface area contributed by atoms with Gasteiger partial charge in [-0.25, -0.2) is 4.98 Å². The van der Waals surface area contributed by atoms with Crippen molar-refractivity contribution in [3.05, 3.63) is 53.1 Å². The second kappa shape index (κ2) is 8.08. The van der Waals surface area contributed by atoms with Gasteiger partial charge >= 0.3 is 0 Å². The van der Waals surface area contributed by atoms with Gasteiger partial charge in [-0.05, 0) is 38.0 Å². The van der Waals surface area contributed by atoms with Crippen LogP contribution >= 0.6 is 11.6 Å². The molecule has 150 valence electrons. The van der Waals surface area contributed by atoms with E-state index in [0.29, 0.717) is 48.4 Å². The van der Waals surface area contributed by atoms with Crippen LogP contribution in [-0.2, 0) is 9.59 Å². The number of piperidine rings is 1. The summed E-state index contributed by atoms with van der Waals surface area (Å²) in [5.74, 6) is 0.682. The molecule has 0 spiro atoms. The van der Waals surface area contributed by atoms with E-state index in [4.69, 9.17) is 16.1 Å². The Kier molecular flexibility index (Phi) is 5.35. The number of carbonyl (C=O) groups is 2. The number of likely N-dealkylation sites (tertiary alicyclic amines) is 1. The molecule has 29 heavy (non-hydrogen) atoms. The van der Waals surface area contributed by atoms with Crippen LogP contribution in [0.4, 0.5) is 5.82 Å². The predicted molar refractivity (Wildman–Crippen MR) is 108 cm³/mol. The monoisotopic (exact) mass is 413 g/mol. The Morgan fingerprint density at radius 3 is 2.83 bits per heavy atom. The zero-order valence-corrected chi connectivity index (χ0v) is 16.6. The molecule has 0 bridgehead atoms. The molecule has 9 heteroatoms. The first-order valence-corrected chi connectivity index (χ1v) is 9.73. The topological polar surface area (TPSA) is 92.7 Å². The molecule has 0 radical (unpaired) electrons. The first kappa shape index (κ1) is 19.2. The maximum Gasteiger partial charge on any atom is 0.246 e. The van der Waals surface area contributed by atoms with Crippen molar-refractivity contribution in [2.45, 2.75) is 19.8 Å². The molecule has 4 rings (SSSR count). The van der Waals surface area contributed by atoms with Crippen molar-refractivity contribution < 1.29 is 14.1 Å². The second-order valence-electron chi connectivity index (χ2n) is 6.96. The van der Waals surface area contributed by atoms with E-state index in [9.17, 15) is 9.59 Å². The van der Waals surface area contributed by atoms with E-state index in [1.807, 2.05) is 28.8 Å². The van der Waals surface area contributed by atoms with Gasteiger partial charge in [0.1, 0.15) is 11.4 Å². The highest BCUT2D eigenvalue weighted by Crippen LogP contribution is 2.21. The molecule has 1 aliphatic rings. The first-order chi connectivity index (χ1) is 14.0. The Bertz CT molecular complexity index is 1080. The summed E-state index contributed by atoms with van der Waals surface area (Å²) in [7, 11) is 0. The van der Waals surface area contributed by atoms with Crippen LogP contribution in [0.15, 0.2) is 41.1 Å². The Morgan fingerprint density at radius 2 is 2.10 bits per heavy atom. The number of fused-ring (bicyclic) bond motifs is 1. The first-order valence-electron chi connectivity index (χ1n) is 9.35. The summed E-state index contributed by atoms with van der Waals surface area (Å²) in [5.41, 5.74) is 1.38. The molecule has 2 amide bonds. The molecule has 0 unspecified atom stereocenters. The summed E-state index contributed by atoms with van der Waals surface area (Å²) in [6, 6.07) is 7.27. The number of imidazole rings is 1. The van der Waals surface area contributed by atoms with Crippen LogP contribution in [0.25, 0.3) is 11.7 Å². The third-order valence-electron chi connectivity index (χ3n) is 4.96. The van der Waals surface area contributed by atoms with Crippen LogP contribution in [0.3, 0.4) is 0 Å². The summed E-state index contributed by atoms with van der Waals surface area (Å²) in [6.45, 7) is 2.79. The number of anilines is 1. The average Bonchev–Trinajstić information content (AvgIpc) is 3.28. The van der Waals surface area contributed by atoms with Gasteiger partial charge in [-0.2, -0.15) is 0 Å². The van der Waals surface area contributed by atoms with E-state index in [-0.39, 0.29) is 17.7 Å². The molecule has 1 fully saturated rings. The minimum absolute atomic E-state index is 0.0987. The number of halogens is 1. The fourth-order valence-electron chi connectivity index (χ4n) is 3.41. The van der Waals surface area contributed by atoms with E-state index in [0.717, 1.165) is 5.65 Å². The lowest BCUT2D eigenvalue weighted by Crippen LogP contribution is -2.40. The van der Waals surface area contributed by atoms with Crippen LogP contribution in [0, 0.1) is 12.8 Å². The van der Waals surface area contributed by atoms with E-state index in [2.05, 4.69) is 15.5 Å². The lowest BCUT2D eigenvalue weighted by Gasteiger charge is -2.30. The molecule has 0 aromatic carbocycles. The van der Waals surface area contributed by atoms with Crippen molar-refractivity contribution in [2.24, 2.45) is 5.92 Å². The van der Waals surface area contributed by atoms with Crippen molar-refractivity contribution in [2.75, 3.05) is 18.4 Å². The van der Waals surface area contributed by atoms with E-state index in [1.165, 1.54) is 6.08 Å². The van der Waals surface area contributed by atoms with Crippen LogP contribution in [0.2, 0.25) is 5.15 Å². The lowest BCUT2D eigenvalue weighted by atomic mass is 9.96. The molecular formula is C20H20ClN5O3. The zero-order chi connectivity index (χ0) is 20.4. The number of hydrogen-bond acceptors (Lipinski definition) is 5. The normalized spacial score (nSPS) is 15.3. The van der Waals surface area contributed by atoms with E-state index >= 15 is 0 Å². The fraction of sp³-hybridized carbons (Fsp3) is 0.300. The summed E-state index contributed by atoms with van der Waals surface area (Å²) >= 11 is 6.19. The Labute approximate surface area is 172 Å². The summed E-state index contributed by atoms with van der Waals surface area (Å²) in [4.78, 5) is 30.9. The molecular weight excluding hydrogens is 394 g/mol. The van der Waals surface area contributed by atoms with E-state index in [1.54, 1.807) is 24.0 Å². The fourth-order valence-corrected chi connectivity index (χ4v) is 3.65. The van der Waals surface area contributed by atoms with Gasteiger partial charge in [-0.15, -0.1) is 0 Å². The van der Waals surface area contributed by atoms with Crippen molar-refractivity contribution in [3.8, 4) is 0 Å². The van der Waals surface area contributed by atoms with Crippen LogP contribution < -0.4 is 5.32 Å². The number of hydrogen-bond donors (Lipinski definition) is 1. The van der Waals surface area contributed by atoms with Gasteiger partial charge in [0.05, 0.1) is 5.69 Å². The standard InChI is InChI=1S/C20H20ClN5O3/c1-13-12-16(24-29-13)22-20(28)14-7-10-25(11-8-14)18(27)6-5-15-19(21)23-17-4-2-3-9-26(15)17/h2-6,9,12,14H,7-8,10-11H2,1H3,(H,22,24,28)/b6-5+. The predicted octanol–water partition coefficient (Wildman–Crippen LogP) is 3.17. The highest BCUT2D eigenvalue weighted by Gasteiger charge is 2.27. The summed E-state index contributed by atoms with van der Waals surface area (Å²) in [5, 5.41) is 6.88. The van der Waals surface area contributed by atoms with Crippen molar-refractivity contribution >= 4 is 41.0 Å². The number of aryl methyl sites for hydroxylation is 1. The highest BCUT2D eigenvalue weighted by molar-refractivity contribution is 6.31. The lowest BCUT2D eigenvalue weighted by molar-refractivity contribution is -0.130. The molecule has 0 saturated carbocycles. The SMILES string of the molecule is Cc1cc(NC(=O)C2CCN(C(=O)/C=C/c3c(Cl)nc4ccccn34)CC2)no1. The van der Waals surface area contributed by atoms with Gasteiger partial charge in [0.2, 0.25) is 11.8 Å². The number of pyridine rings is 1. The van der Waals surface area contributed by atoms with Crippen molar-refractivity contribution in [3.63, 3.8) is 0 Å². The third kappa shape index (κ3) is 4.17. The van der Waals surface area contributed by atoms with Gasteiger partial charge in [0.25, 0.3) is 0 Å². The maximum absolute atomic E-state index is 12.6. The van der Waals surface area contributed by atoms with Gasteiger partial charge in [0.15, 0.2) is 11.0 Å². The second-order valence-corrected chi connectivity index (χ2v) is 7.32. The molecule has 3 aromatic heterocycles. The molecule has 0 aliphatic carbocycles. The largest absolute Gasteiger partial charge is 0.360 e. The molecule has 1 N–H and O–H groups in total. The Morgan fingerprint density at radius 1 is 1.31 bits per heavy atom.